The third kappa shape index (κ3) is 4.74. The number of nitrogens with one attached hydrogen (secondary N) is 1. The molecule has 1 unspecified atom stereocenters. The van der Waals surface area contributed by atoms with Crippen LogP contribution in [0.1, 0.15) is 43.6 Å². The van der Waals surface area contributed by atoms with E-state index in [4.69, 9.17) is 23.2 Å². The van der Waals surface area contributed by atoms with Crippen LogP contribution in [0.4, 0.5) is 0 Å². The quantitative estimate of drug-likeness (QED) is 0.621. The second-order valence-corrected chi connectivity index (χ2v) is 9.09. The van der Waals surface area contributed by atoms with Gasteiger partial charge in [0, 0.05) is 38.6 Å². The normalized spacial score (nSPS) is 20.2. The lowest BCUT2D eigenvalue weighted by Crippen LogP contribution is -2.45. The maximum absolute atomic E-state index is 6.35. The highest BCUT2D eigenvalue weighted by Crippen LogP contribution is 2.41. The van der Waals surface area contributed by atoms with Gasteiger partial charge in [-0.1, -0.05) is 72.8 Å². The average Bonchev–Trinajstić information content (AvgIpc) is 2.75. The van der Waals surface area contributed by atoms with Crippen LogP contribution >= 0.6 is 23.2 Å². The molecule has 1 aliphatic heterocycles. The first kappa shape index (κ1) is 20.2. The molecule has 2 aliphatic rings. The SMILES string of the molecule is Clc1ccc(-c2ccccc2C(CN2CCNCC2)C2CCCCC2)cc1Cl. The first-order chi connectivity index (χ1) is 13.7. The fraction of sp³-hybridized carbons (Fsp3) is 0.500. The lowest BCUT2D eigenvalue weighted by molar-refractivity contribution is 0.188. The maximum atomic E-state index is 6.35. The van der Waals surface area contributed by atoms with Crippen molar-refractivity contribution in [1.29, 1.82) is 0 Å². The van der Waals surface area contributed by atoms with Gasteiger partial charge in [-0.3, -0.25) is 0 Å². The molecule has 28 heavy (non-hydrogen) atoms. The van der Waals surface area contributed by atoms with Crippen LogP contribution < -0.4 is 5.32 Å². The third-order valence-corrected chi connectivity index (χ3v) is 7.21. The van der Waals surface area contributed by atoms with E-state index in [0.29, 0.717) is 16.0 Å². The molecule has 0 amide bonds. The highest BCUT2D eigenvalue weighted by Gasteiger charge is 2.29. The Morgan fingerprint density at radius 1 is 0.929 bits per heavy atom. The number of rotatable bonds is 5. The Morgan fingerprint density at radius 2 is 1.68 bits per heavy atom. The summed E-state index contributed by atoms with van der Waals surface area (Å²) in [6, 6.07) is 15.0. The summed E-state index contributed by atoms with van der Waals surface area (Å²) in [7, 11) is 0. The first-order valence-electron chi connectivity index (χ1n) is 10.7. The lowest BCUT2D eigenvalue weighted by atomic mass is 9.74. The fourth-order valence-corrected chi connectivity index (χ4v) is 5.25. The summed E-state index contributed by atoms with van der Waals surface area (Å²) in [5, 5.41) is 4.74. The molecule has 0 aromatic heterocycles. The van der Waals surface area contributed by atoms with E-state index in [2.05, 4.69) is 40.5 Å². The van der Waals surface area contributed by atoms with Crippen molar-refractivity contribution < 1.29 is 0 Å². The van der Waals surface area contributed by atoms with Gasteiger partial charge in [-0.2, -0.15) is 0 Å². The van der Waals surface area contributed by atoms with Crippen molar-refractivity contribution in [2.24, 2.45) is 5.92 Å². The highest BCUT2D eigenvalue weighted by molar-refractivity contribution is 6.42. The van der Waals surface area contributed by atoms with Gasteiger partial charge in [0.2, 0.25) is 0 Å². The predicted octanol–water partition coefficient (Wildman–Crippen LogP) is 6.23. The molecule has 0 radical (unpaired) electrons. The number of halogens is 2. The minimum Gasteiger partial charge on any atom is -0.314 e. The molecular weight excluding hydrogens is 387 g/mol. The van der Waals surface area contributed by atoms with Gasteiger partial charge < -0.3 is 10.2 Å². The molecule has 1 saturated carbocycles. The van der Waals surface area contributed by atoms with Crippen molar-refractivity contribution in [3.05, 3.63) is 58.1 Å². The van der Waals surface area contributed by atoms with Crippen LogP contribution in [0.5, 0.6) is 0 Å². The van der Waals surface area contributed by atoms with Crippen molar-refractivity contribution in [2.45, 2.75) is 38.0 Å². The topological polar surface area (TPSA) is 15.3 Å². The number of nitrogens with zero attached hydrogens (tertiary/aromatic N) is 1. The van der Waals surface area contributed by atoms with Crippen LogP contribution in [0.25, 0.3) is 11.1 Å². The van der Waals surface area contributed by atoms with Gasteiger partial charge in [0.1, 0.15) is 0 Å². The van der Waals surface area contributed by atoms with E-state index in [1.165, 1.54) is 48.8 Å². The highest BCUT2D eigenvalue weighted by atomic mass is 35.5. The second-order valence-electron chi connectivity index (χ2n) is 8.27. The molecule has 4 heteroatoms. The summed E-state index contributed by atoms with van der Waals surface area (Å²) in [5.74, 6) is 1.34. The van der Waals surface area contributed by atoms with Gasteiger partial charge >= 0.3 is 0 Å². The van der Waals surface area contributed by atoms with Gasteiger partial charge in [0.15, 0.2) is 0 Å². The molecule has 2 aromatic carbocycles. The molecule has 1 atom stereocenters. The summed E-state index contributed by atoms with van der Waals surface area (Å²) in [6.07, 6.45) is 6.85. The molecule has 150 valence electrons. The molecule has 1 heterocycles. The molecule has 4 rings (SSSR count). The van der Waals surface area contributed by atoms with Crippen LogP contribution in [0.2, 0.25) is 10.0 Å². The first-order valence-corrected chi connectivity index (χ1v) is 11.5. The third-order valence-electron chi connectivity index (χ3n) is 6.47. The van der Waals surface area contributed by atoms with E-state index in [0.717, 1.165) is 38.6 Å². The van der Waals surface area contributed by atoms with Gasteiger partial charge in [-0.25, -0.2) is 0 Å². The zero-order valence-electron chi connectivity index (χ0n) is 16.5. The molecule has 1 saturated heterocycles. The Bertz CT molecular complexity index is 780. The summed E-state index contributed by atoms with van der Waals surface area (Å²) < 4.78 is 0. The molecule has 2 aromatic rings. The Labute approximate surface area is 179 Å². The molecule has 2 fully saturated rings. The molecule has 1 aliphatic carbocycles. The van der Waals surface area contributed by atoms with Crippen LogP contribution in [0.3, 0.4) is 0 Å². The minimum atomic E-state index is 0.573. The number of benzene rings is 2. The molecule has 2 nitrogen and oxygen atoms in total. The summed E-state index contributed by atoms with van der Waals surface area (Å²) >= 11 is 12.5. The van der Waals surface area contributed by atoms with Crippen molar-refractivity contribution in [3.8, 4) is 11.1 Å². The smallest absolute Gasteiger partial charge is 0.0598 e. The zero-order chi connectivity index (χ0) is 19.3. The largest absolute Gasteiger partial charge is 0.314 e. The number of hydrogen-bond donors (Lipinski definition) is 1. The van der Waals surface area contributed by atoms with E-state index in [1.807, 2.05) is 12.1 Å². The van der Waals surface area contributed by atoms with Crippen LogP contribution in [-0.4, -0.2) is 37.6 Å². The Hall–Kier alpha value is -1.06. The van der Waals surface area contributed by atoms with Gasteiger partial charge in [0.05, 0.1) is 10.0 Å². The van der Waals surface area contributed by atoms with Gasteiger partial charge in [-0.15, -0.1) is 0 Å². The molecule has 1 N–H and O–H groups in total. The van der Waals surface area contributed by atoms with Gasteiger partial charge in [0.25, 0.3) is 0 Å². The summed E-state index contributed by atoms with van der Waals surface area (Å²) in [6.45, 7) is 5.67. The average molecular weight is 417 g/mol. The van der Waals surface area contributed by atoms with Crippen molar-refractivity contribution in [3.63, 3.8) is 0 Å². The maximum Gasteiger partial charge on any atom is 0.0598 e. The molecular formula is C24H30Cl2N2. The zero-order valence-corrected chi connectivity index (χ0v) is 18.0. The fourth-order valence-electron chi connectivity index (χ4n) is 4.96. The second kappa shape index (κ2) is 9.63. The van der Waals surface area contributed by atoms with Crippen LogP contribution in [-0.2, 0) is 0 Å². The standard InChI is InChI=1S/C24H30Cl2N2/c25-23-11-10-19(16-24(23)26)20-8-4-5-9-21(20)22(18-6-2-1-3-7-18)17-28-14-12-27-13-15-28/h4-5,8-11,16,18,22,27H,1-3,6-7,12-15,17H2. The minimum absolute atomic E-state index is 0.573. The number of hydrogen-bond acceptors (Lipinski definition) is 2. The van der Waals surface area contributed by atoms with E-state index >= 15 is 0 Å². The van der Waals surface area contributed by atoms with Crippen molar-refractivity contribution >= 4 is 23.2 Å². The molecule has 0 spiro atoms. The summed E-state index contributed by atoms with van der Waals surface area (Å²) in [5.41, 5.74) is 3.96. The van der Waals surface area contributed by atoms with Crippen molar-refractivity contribution in [1.82, 2.24) is 10.2 Å². The Balaban J connectivity index is 1.69. The van der Waals surface area contributed by atoms with Gasteiger partial charge in [-0.05, 0) is 47.6 Å². The van der Waals surface area contributed by atoms with Crippen LogP contribution in [0.15, 0.2) is 42.5 Å². The Morgan fingerprint density at radius 3 is 2.43 bits per heavy atom. The molecule has 0 bridgehead atoms. The predicted molar refractivity (Wildman–Crippen MR) is 121 cm³/mol. The summed E-state index contributed by atoms with van der Waals surface area (Å²) in [4.78, 5) is 2.65. The van der Waals surface area contributed by atoms with E-state index in [1.54, 1.807) is 0 Å². The number of piperazine rings is 1. The van der Waals surface area contributed by atoms with Crippen LogP contribution in [0, 0.1) is 5.92 Å². The van der Waals surface area contributed by atoms with E-state index in [-0.39, 0.29) is 0 Å². The van der Waals surface area contributed by atoms with Crippen molar-refractivity contribution in [2.75, 3.05) is 32.7 Å². The monoisotopic (exact) mass is 416 g/mol. The van der Waals surface area contributed by atoms with E-state index in [9.17, 15) is 0 Å². The Kier molecular flexibility index (Phi) is 6.95. The lowest BCUT2D eigenvalue weighted by Gasteiger charge is -2.37. The van der Waals surface area contributed by atoms with E-state index < -0.39 is 0 Å².